The van der Waals surface area contributed by atoms with E-state index in [2.05, 4.69) is 58.4 Å². The first kappa shape index (κ1) is 18.9. The molecule has 0 aliphatic heterocycles. The fourth-order valence-electron chi connectivity index (χ4n) is 2.76. The molecule has 0 spiro atoms. The summed E-state index contributed by atoms with van der Waals surface area (Å²) in [6.45, 7) is 7.82. The molecule has 0 aliphatic rings. The Morgan fingerprint density at radius 2 is 0.870 bits per heavy atom. The van der Waals surface area contributed by atoms with Crippen LogP contribution in [0.4, 0.5) is 0 Å². The first-order valence-corrected chi connectivity index (χ1v) is 22.5. The second-order valence-electron chi connectivity index (χ2n) is 7.90. The van der Waals surface area contributed by atoms with E-state index in [-0.39, 0.29) is 0 Å². The van der Waals surface area contributed by atoms with Crippen LogP contribution in [0.2, 0.25) is 36.1 Å². The molecule has 2 aromatic carbocycles. The molecule has 2 rings (SSSR count). The van der Waals surface area contributed by atoms with Crippen molar-refractivity contribution >= 4 is 52.5 Å². The van der Waals surface area contributed by atoms with Gasteiger partial charge in [-0.25, -0.2) is 0 Å². The monoisotopic (exact) mass is 452 g/mol. The van der Waals surface area contributed by atoms with Gasteiger partial charge in [0.05, 0.1) is 0 Å². The Balaban J connectivity index is 2.34. The average molecular weight is 451 g/mol. The SMILES string of the molecule is C[Si](C)(O)c1cc[c]([Sn]([CH3])([CH3])[c]2ccc([Si](C)(C)O)cc2)cc1. The van der Waals surface area contributed by atoms with E-state index in [0.717, 1.165) is 10.4 Å². The summed E-state index contributed by atoms with van der Waals surface area (Å²) in [6.07, 6.45) is 0. The third-order valence-corrected chi connectivity index (χ3v) is 18.3. The van der Waals surface area contributed by atoms with Crippen molar-refractivity contribution in [2.75, 3.05) is 0 Å². The second-order valence-corrected chi connectivity index (χ2v) is 27.9. The van der Waals surface area contributed by atoms with E-state index in [1.54, 1.807) is 0 Å². The van der Waals surface area contributed by atoms with Crippen molar-refractivity contribution in [2.24, 2.45) is 0 Å². The Morgan fingerprint density at radius 3 is 1.09 bits per heavy atom. The fraction of sp³-hybridized carbons (Fsp3) is 0.333. The van der Waals surface area contributed by atoms with Gasteiger partial charge in [0, 0.05) is 0 Å². The van der Waals surface area contributed by atoms with Crippen molar-refractivity contribution in [3.63, 3.8) is 0 Å². The van der Waals surface area contributed by atoms with Crippen LogP contribution in [0.1, 0.15) is 0 Å². The zero-order valence-electron chi connectivity index (χ0n) is 15.0. The van der Waals surface area contributed by atoms with Crippen molar-refractivity contribution in [1.29, 1.82) is 0 Å². The number of benzene rings is 2. The van der Waals surface area contributed by atoms with Gasteiger partial charge in [-0.1, -0.05) is 0 Å². The van der Waals surface area contributed by atoms with Crippen LogP contribution < -0.4 is 17.5 Å². The van der Waals surface area contributed by atoms with E-state index in [9.17, 15) is 9.59 Å². The molecule has 0 amide bonds. The Kier molecular flexibility index (Phi) is 5.33. The molecule has 0 saturated carbocycles. The average Bonchev–Trinajstić information content (AvgIpc) is 2.46. The van der Waals surface area contributed by atoms with Gasteiger partial charge in [0.1, 0.15) is 0 Å². The van der Waals surface area contributed by atoms with Crippen LogP contribution in [0, 0.1) is 0 Å². The molecule has 2 nitrogen and oxygen atoms in total. The van der Waals surface area contributed by atoms with E-state index in [0.29, 0.717) is 0 Å². The Hall–Kier alpha value is -0.408. The van der Waals surface area contributed by atoms with Gasteiger partial charge in [0.2, 0.25) is 0 Å². The van der Waals surface area contributed by atoms with E-state index in [1.165, 1.54) is 7.16 Å². The van der Waals surface area contributed by atoms with Crippen molar-refractivity contribution in [3.05, 3.63) is 48.5 Å². The second kappa shape index (κ2) is 6.48. The first-order valence-electron chi connectivity index (χ1n) is 8.09. The van der Waals surface area contributed by atoms with E-state index >= 15 is 0 Å². The molecular formula is C18H28O2Si2Sn. The summed E-state index contributed by atoms with van der Waals surface area (Å²) < 4.78 is 2.88. The zero-order chi connectivity index (χ0) is 17.5. The molecule has 0 unspecified atom stereocenters. The maximum absolute atomic E-state index is 10.2. The molecule has 0 fully saturated rings. The van der Waals surface area contributed by atoms with Gasteiger partial charge >= 0.3 is 147 Å². The Labute approximate surface area is 146 Å². The van der Waals surface area contributed by atoms with Gasteiger partial charge in [0.15, 0.2) is 0 Å². The molecule has 2 aromatic rings. The first-order chi connectivity index (χ1) is 10.4. The summed E-state index contributed by atoms with van der Waals surface area (Å²) in [4.78, 5) is 25.3. The summed E-state index contributed by atoms with van der Waals surface area (Å²) >= 11 is -2.59. The molecule has 0 bridgehead atoms. The molecule has 124 valence electrons. The van der Waals surface area contributed by atoms with Crippen LogP contribution in [-0.2, 0) is 0 Å². The summed E-state index contributed by atoms with van der Waals surface area (Å²) in [7, 11) is -4.45. The van der Waals surface area contributed by atoms with E-state index < -0.39 is 35.0 Å². The predicted molar refractivity (Wildman–Crippen MR) is 108 cm³/mol. The van der Waals surface area contributed by atoms with Crippen molar-refractivity contribution in [1.82, 2.24) is 0 Å². The summed E-state index contributed by atoms with van der Waals surface area (Å²) in [5, 5.41) is 2.18. The van der Waals surface area contributed by atoms with E-state index in [4.69, 9.17) is 0 Å². The topological polar surface area (TPSA) is 40.5 Å². The molecular weight excluding hydrogens is 423 g/mol. The zero-order valence-corrected chi connectivity index (χ0v) is 19.9. The van der Waals surface area contributed by atoms with Crippen LogP contribution in [0.5, 0.6) is 0 Å². The number of rotatable bonds is 4. The van der Waals surface area contributed by atoms with Gasteiger partial charge in [-0.15, -0.1) is 0 Å². The number of hydrogen-bond donors (Lipinski definition) is 2. The van der Waals surface area contributed by atoms with Crippen molar-refractivity contribution in [3.8, 4) is 0 Å². The molecule has 0 saturated heterocycles. The Bertz CT molecular complexity index is 607. The van der Waals surface area contributed by atoms with Crippen LogP contribution in [0.25, 0.3) is 0 Å². The number of hydrogen-bond acceptors (Lipinski definition) is 2. The van der Waals surface area contributed by atoms with Crippen molar-refractivity contribution in [2.45, 2.75) is 36.1 Å². The van der Waals surface area contributed by atoms with Crippen molar-refractivity contribution < 1.29 is 9.59 Å². The standard InChI is InChI=1S/2C8H11OSi.2CH3.Sn/c2*1-10(2,9)8-6-4-3-5-7-8;;;/h2*4-7,9H,1-2H3;2*1H3;. The minimum atomic E-state index is -2.59. The van der Waals surface area contributed by atoms with Crippen LogP contribution in [0.15, 0.2) is 48.5 Å². The molecule has 0 radical (unpaired) electrons. The molecule has 5 heteroatoms. The van der Waals surface area contributed by atoms with Crippen LogP contribution in [0.3, 0.4) is 0 Å². The molecule has 2 N–H and O–H groups in total. The summed E-state index contributed by atoms with van der Waals surface area (Å²) in [6, 6.07) is 17.3. The molecule has 23 heavy (non-hydrogen) atoms. The molecule has 0 aromatic heterocycles. The van der Waals surface area contributed by atoms with Gasteiger partial charge in [0.25, 0.3) is 0 Å². The van der Waals surface area contributed by atoms with Gasteiger partial charge in [-0.05, 0) is 0 Å². The normalized spacial score (nSPS) is 13.2. The molecule has 0 aliphatic carbocycles. The fourth-order valence-corrected chi connectivity index (χ4v) is 11.4. The summed E-state index contributed by atoms with van der Waals surface area (Å²) in [5.74, 6) is 0. The van der Waals surface area contributed by atoms with Crippen LogP contribution >= 0.6 is 0 Å². The maximum atomic E-state index is 10.2. The molecule has 0 atom stereocenters. The third kappa shape index (κ3) is 4.36. The molecule has 0 heterocycles. The van der Waals surface area contributed by atoms with Gasteiger partial charge in [-0.2, -0.15) is 0 Å². The Morgan fingerprint density at radius 1 is 0.609 bits per heavy atom. The van der Waals surface area contributed by atoms with E-state index in [1.807, 2.05) is 26.2 Å². The summed E-state index contributed by atoms with van der Waals surface area (Å²) in [5.41, 5.74) is 0. The predicted octanol–water partition coefficient (Wildman–Crippen LogP) is 1.32. The van der Waals surface area contributed by atoms with Gasteiger partial charge < -0.3 is 0 Å². The quantitative estimate of drug-likeness (QED) is 0.689. The van der Waals surface area contributed by atoms with Crippen LogP contribution in [-0.4, -0.2) is 44.6 Å². The minimum absolute atomic E-state index is 1.09. The third-order valence-electron chi connectivity index (χ3n) is 4.63. The van der Waals surface area contributed by atoms with Gasteiger partial charge in [-0.3, -0.25) is 0 Å².